The monoisotopic (exact) mass is 394 g/mol. The van der Waals surface area contributed by atoms with E-state index in [1.807, 2.05) is 30.3 Å². The summed E-state index contributed by atoms with van der Waals surface area (Å²) >= 11 is 0. The number of nitrogens with zero attached hydrogens (tertiary/aromatic N) is 2. The smallest absolute Gasteiger partial charge is 0.224 e. The predicted molar refractivity (Wildman–Crippen MR) is 120 cm³/mol. The zero-order valence-electron chi connectivity index (χ0n) is 17.7. The minimum Gasteiger partial charge on any atom is -0.496 e. The lowest BCUT2D eigenvalue weighted by atomic mass is 10.2. The van der Waals surface area contributed by atoms with Crippen molar-refractivity contribution in [1.29, 1.82) is 0 Å². The molecule has 3 rings (SSSR count). The Morgan fingerprint density at radius 3 is 2.62 bits per heavy atom. The van der Waals surface area contributed by atoms with Gasteiger partial charge in [-0.2, -0.15) is 0 Å². The lowest BCUT2D eigenvalue weighted by Crippen LogP contribution is -2.24. The molecule has 0 fully saturated rings. The predicted octanol–water partition coefficient (Wildman–Crippen LogP) is 5.21. The number of unbranched alkanes of at least 4 members (excludes halogenated alkanes) is 1. The third-order valence-corrected chi connectivity index (χ3v) is 5.10. The van der Waals surface area contributed by atoms with E-state index in [-0.39, 0.29) is 5.91 Å². The molecule has 0 spiro atoms. The zero-order chi connectivity index (χ0) is 20.8. The summed E-state index contributed by atoms with van der Waals surface area (Å²) < 4.78 is 5.48. The number of aromatic amines is 1. The Morgan fingerprint density at radius 2 is 1.93 bits per heavy atom. The number of hydrogen-bond acceptors (Lipinski definition) is 4. The molecule has 0 atom stereocenters. The second-order valence-corrected chi connectivity index (χ2v) is 7.00. The Morgan fingerprint density at radius 1 is 1.17 bits per heavy atom. The quantitative estimate of drug-likeness (QED) is 0.522. The Kier molecular flexibility index (Phi) is 6.75. The molecule has 154 valence electrons. The van der Waals surface area contributed by atoms with E-state index in [1.165, 1.54) is 0 Å². The zero-order valence-corrected chi connectivity index (χ0v) is 17.7. The van der Waals surface area contributed by atoms with Crippen molar-refractivity contribution in [3.63, 3.8) is 0 Å². The van der Waals surface area contributed by atoms with Gasteiger partial charge < -0.3 is 19.9 Å². The number of carbonyl (C=O) groups is 1. The third kappa shape index (κ3) is 4.53. The van der Waals surface area contributed by atoms with Crippen LogP contribution in [0.5, 0.6) is 5.75 Å². The molecule has 0 aliphatic rings. The average Bonchev–Trinajstić information content (AvgIpc) is 3.15. The maximum Gasteiger partial charge on any atom is 0.224 e. The molecule has 0 unspecified atom stereocenters. The fourth-order valence-electron chi connectivity index (χ4n) is 3.49. The van der Waals surface area contributed by atoms with Crippen molar-refractivity contribution in [2.24, 2.45) is 0 Å². The number of H-pyrrole nitrogens is 1. The van der Waals surface area contributed by atoms with Gasteiger partial charge in [0, 0.05) is 19.5 Å². The van der Waals surface area contributed by atoms with Gasteiger partial charge in [0.1, 0.15) is 11.6 Å². The van der Waals surface area contributed by atoms with E-state index in [1.54, 1.807) is 7.11 Å². The normalized spacial score (nSPS) is 10.9. The number of nitrogens with one attached hydrogen (secondary N) is 2. The van der Waals surface area contributed by atoms with E-state index in [0.29, 0.717) is 6.42 Å². The topological polar surface area (TPSA) is 70.2 Å². The first kappa shape index (κ1) is 20.7. The molecular formula is C23H30N4O2. The first-order chi connectivity index (χ1) is 14.1. The Labute approximate surface area is 172 Å². The highest BCUT2D eigenvalue weighted by Gasteiger charge is 2.16. The summed E-state index contributed by atoms with van der Waals surface area (Å²) in [5.41, 5.74) is 4.46. The molecule has 0 aliphatic carbocycles. The van der Waals surface area contributed by atoms with Crippen LogP contribution in [0.1, 0.15) is 40.0 Å². The summed E-state index contributed by atoms with van der Waals surface area (Å²) in [6.45, 7) is 8.03. The number of imidazole rings is 1. The molecule has 6 nitrogen and oxygen atoms in total. The summed E-state index contributed by atoms with van der Waals surface area (Å²) in [4.78, 5) is 22.8. The maximum absolute atomic E-state index is 12.4. The van der Waals surface area contributed by atoms with Gasteiger partial charge in [-0.3, -0.25) is 4.79 Å². The van der Waals surface area contributed by atoms with Crippen LogP contribution in [-0.2, 0) is 4.79 Å². The van der Waals surface area contributed by atoms with Crippen LogP contribution in [0.25, 0.3) is 22.4 Å². The molecular weight excluding hydrogens is 364 g/mol. The van der Waals surface area contributed by atoms with E-state index in [9.17, 15) is 4.79 Å². The van der Waals surface area contributed by atoms with E-state index in [2.05, 4.69) is 42.0 Å². The molecule has 2 N–H and O–H groups in total. The lowest BCUT2D eigenvalue weighted by Gasteiger charge is -2.24. The van der Waals surface area contributed by atoms with Crippen LogP contribution in [0.4, 0.5) is 11.4 Å². The second kappa shape index (κ2) is 9.45. The number of hydrogen-bond donors (Lipinski definition) is 2. The molecule has 0 bridgehead atoms. The Balaban J connectivity index is 2.06. The number of ether oxygens (including phenoxy) is 1. The van der Waals surface area contributed by atoms with Crippen molar-refractivity contribution < 1.29 is 9.53 Å². The lowest BCUT2D eigenvalue weighted by molar-refractivity contribution is -0.116. The molecule has 6 heteroatoms. The van der Waals surface area contributed by atoms with E-state index in [4.69, 9.17) is 9.72 Å². The number of carbonyl (C=O) groups excluding carboxylic acids is 1. The molecule has 1 amide bonds. The first-order valence-corrected chi connectivity index (χ1v) is 10.3. The fourth-order valence-corrected chi connectivity index (χ4v) is 3.49. The summed E-state index contributed by atoms with van der Waals surface area (Å²) in [6.07, 6.45) is 2.41. The fraction of sp³-hybridized carbons (Fsp3) is 0.391. The number of anilines is 2. The summed E-state index contributed by atoms with van der Waals surface area (Å²) in [7, 11) is 1.66. The number of fused-ring (bicyclic) bond motifs is 1. The molecule has 29 heavy (non-hydrogen) atoms. The van der Waals surface area contributed by atoms with Crippen LogP contribution in [0.15, 0.2) is 36.4 Å². The summed E-state index contributed by atoms with van der Waals surface area (Å²) in [5, 5.41) is 3.10. The second-order valence-electron chi connectivity index (χ2n) is 7.00. The van der Waals surface area contributed by atoms with E-state index in [0.717, 1.165) is 65.5 Å². The van der Waals surface area contributed by atoms with Crippen molar-refractivity contribution in [2.75, 3.05) is 30.4 Å². The standard InChI is InChI=1S/C23H30N4O2/c1-5-8-13-22(28)24-19-14-17-18(15-20(19)27(6-2)7-3)26-23(25-17)16-11-9-10-12-21(16)29-4/h9-12,14-15H,5-8,13H2,1-4H3,(H,24,28)(H,25,26). The molecule has 0 saturated heterocycles. The van der Waals surface area contributed by atoms with Gasteiger partial charge in [0.2, 0.25) is 5.91 Å². The first-order valence-electron chi connectivity index (χ1n) is 10.3. The summed E-state index contributed by atoms with van der Waals surface area (Å²) in [5.74, 6) is 1.56. The average molecular weight is 395 g/mol. The van der Waals surface area contributed by atoms with Gasteiger partial charge in [-0.15, -0.1) is 0 Å². The van der Waals surface area contributed by atoms with Gasteiger partial charge in [-0.1, -0.05) is 25.5 Å². The van der Waals surface area contributed by atoms with E-state index < -0.39 is 0 Å². The number of methoxy groups -OCH3 is 1. The Bertz CT molecular complexity index is 976. The molecule has 2 aromatic carbocycles. The molecule has 0 aliphatic heterocycles. The Hall–Kier alpha value is -3.02. The van der Waals surface area contributed by atoms with E-state index >= 15 is 0 Å². The van der Waals surface area contributed by atoms with Gasteiger partial charge in [0.15, 0.2) is 0 Å². The van der Waals surface area contributed by atoms with Crippen molar-refractivity contribution in [1.82, 2.24) is 9.97 Å². The highest BCUT2D eigenvalue weighted by atomic mass is 16.5. The van der Waals surface area contributed by atoms with Crippen molar-refractivity contribution in [3.8, 4) is 17.1 Å². The van der Waals surface area contributed by atoms with Gasteiger partial charge in [-0.25, -0.2) is 4.98 Å². The molecule has 1 heterocycles. The van der Waals surface area contributed by atoms with Crippen molar-refractivity contribution in [2.45, 2.75) is 40.0 Å². The minimum atomic E-state index is 0.0418. The molecule has 1 aromatic heterocycles. The van der Waals surface area contributed by atoms with Gasteiger partial charge in [0.25, 0.3) is 0 Å². The van der Waals surface area contributed by atoms with Crippen LogP contribution in [0, 0.1) is 0 Å². The highest BCUT2D eigenvalue weighted by molar-refractivity contribution is 5.99. The SMILES string of the molecule is CCCCC(=O)Nc1cc2nc(-c3ccccc3OC)[nH]c2cc1N(CC)CC. The number of amides is 1. The number of benzene rings is 2. The van der Waals surface area contributed by atoms with Gasteiger partial charge in [0.05, 0.1) is 35.1 Å². The highest BCUT2D eigenvalue weighted by Crippen LogP contribution is 2.34. The molecule has 3 aromatic rings. The largest absolute Gasteiger partial charge is 0.496 e. The van der Waals surface area contributed by atoms with Crippen molar-refractivity contribution in [3.05, 3.63) is 36.4 Å². The van der Waals surface area contributed by atoms with Crippen LogP contribution >= 0.6 is 0 Å². The number of para-hydroxylation sites is 1. The number of aromatic nitrogens is 2. The summed E-state index contributed by atoms with van der Waals surface area (Å²) in [6, 6.07) is 11.8. The van der Waals surface area contributed by atoms with Crippen molar-refractivity contribution >= 4 is 28.3 Å². The maximum atomic E-state index is 12.4. The van der Waals surface area contributed by atoms with Crippen LogP contribution in [0.3, 0.4) is 0 Å². The van der Waals surface area contributed by atoms with Crippen LogP contribution < -0.4 is 15.0 Å². The third-order valence-electron chi connectivity index (χ3n) is 5.10. The molecule has 0 saturated carbocycles. The van der Waals surface area contributed by atoms with Gasteiger partial charge in [-0.05, 0) is 44.5 Å². The molecule has 0 radical (unpaired) electrons. The minimum absolute atomic E-state index is 0.0418. The van der Waals surface area contributed by atoms with Crippen LogP contribution in [-0.4, -0.2) is 36.1 Å². The number of rotatable bonds is 9. The van der Waals surface area contributed by atoms with Crippen LogP contribution in [0.2, 0.25) is 0 Å². The van der Waals surface area contributed by atoms with Gasteiger partial charge >= 0.3 is 0 Å².